The zero-order valence-electron chi connectivity index (χ0n) is 16.3. The summed E-state index contributed by atoms with van der Waals surface area (Å²) in [6.07, 6.45) is 6.12. The quantitative estimate of drug-likeness (QED) is 0.787. The monoisotopic (exact) mass is 399 g/mol. The Balaban J connectivity index is 1.33. The number of aromatic nitrogens is 1. The highest BCUT2D eigenvalue weighted by molar-refractivity contribution is 6.30. The second kappa shape index (κ2) is 8.39. The fourth-order valence-electron chi connectivity index (χ4n) is 4.08. The number of rotatable bonds is 4. The van der Waals surface area contributed by atoms with Gasteiger partial charge >= 0.3 is 0 Å². The summed E-state index contributed by atoms with van der Waals surface area (Å²) < 4.78 is 5.90. The number of halogens is 1. The smallest absolute Gasteiger partial charge is 0.260 e. The Hall–Kier alpha value is -2.27. The lowest BCUT2D eigenvalue weighted by molar-refractivity contribution is -0.133. The van der Waals surface area contributed by atoms with Crippen molar-refractivity contribution in [2.45, 2.75) is 32.6 Å². The molecule has 5 nitrogen and oxygen atoms in total. The molecule has 0 radical (unpaired) electrons. The van der Waals surface area contributed by atoms with Crippen LogP contribution in [0.15, 0.2) is 30.5 Å². The number of benzene rings is 1. The summed E-state index contributed by atoms with van der Waals surface area (Å²) in [7, 11) is 0. The van der Waals surface area contributed by atoms with Crippen molar-refractivity contribution < 1.29 is 9.53 Å². The molecule has 1 fully saturated rings. The molecular formula is C22H26ClN3O2. The van der Waals surface area contributed by atoms with Crippen LogP contribution >= 0.6 is 11.6 Å². The fraction of sp³-hybridized carbons (Fsp3) is 0.455. The van der Waals surface area contributed by atoms with E-state index in [0.717, 1.165) is 54.5 Å². The van der Waals surface area contributed by atoms with Gasteiger partial charge in [0.2, 0.25) is 0 Å². The fourth-order valence-corrected chi connectivity index (χ4v) is 4.25. The van der Waals surface area contributed by atoms with Gasteiger partial charge in [0.05, 0.1) is 0 Å². The third-order valence-electron chi connectivity index (χ3n) is 5.69. The molecule has 2 aliphatic rings. The number of hydrogen-bond acceptors (Lipinski definition) is 4. The van der Waals surface area contributed by atoms with Crippen LogP contribution in [-0.4, -0.2) is 48.6 Å². The molecule has 0 N–H and O–H groups in total. The Bertz CT molecular complexity index is 863. The van der Waals surface area contributed by atoms with E-state index in [1.54, 1.807) is 6.20 Å². The van der Waals surface area contributed by atoms with Crippen molar-refractivity contribution in [2.24, 2.45) is 0 Å². The van der Waals surface area contributed by atoms with Crippen LogP contribution in [0.4, 0.5) is 5.69 Å². The highest BCUT2D eigenvalue weighted by Crippen LogP contribution is 2.28. The molecule has 0 bridgehead atoms. The minimum atomic E-state index is 0.0452. The van der Waals surface area contributed by atoms with E-state index in [2.05, 4.69) is 16.8 Å². The van der Waals surface area contributed by atoms with Gasteiger partial charge in [-0.3, -0.25) is 9.78 Å². The molecule has 2 heterocycles. The predicted molar refractivity (Wildman–Crippen MR) is 111 cm³/mol. The molecule has 1 amide bonds. The molecule has 6 heteroatoms. The minimum Gasteiger partial charge on any atom is -0.483 e. The summed E-state index contributed by atoms with van der Waals surface area (Å²) in [5.41, 5.74) is 4.67. The van der Waals surface area contributed by atoms with Gasteiger partial charge in [-0.1, -0.05) is 17.7 Å². The molecule has 1 aliphatic carbocycles. The van der Waals surface area contributed by atoms with E-state index >= 15 is 0 Å². The first kappa shape index (κ1) is 19.1. The van der Waals surface area contributed by atoms with Crippen molar-refractivity contribution in [2.75, 3.05) is 37.7 Å². The van der Waals surface area contributed by atoms with Crippen LogP contribution in [0, 0.1) is 6.92 Å². The Morgan fingerprint density at radius 3 is 2.75 bits per heavy atom. The minimum absolute atomic E-state index is 0.0452. The van der Waals surface area contributed by atoms with E-state index in [0.29, 0.717) is 13.1 Å². The van der Waals surface area contributed by atoms with Crippen molar-refractivity contribution in [1.82, 2.24) is 9.88 Å². The Kier molecular flexibility index (Phi) is 5.72. The molecule has 0 atom stereocenters. The average molecular weight is 400 g/mol. The third kappa shape index (κ3) is 4.09. The van der Waals surface area contributed by atoms with E-state index in [1.807, 2.05) is 29.2 Å². The highest BCUT2D eigenvalue weighted by atomic mass is 35.5. The summed E-state index contributed by atoms with van der Waals surface area (Å²) >= 11 is 6.15. The van der Waals surface area contributed by atoms with Gasteiger partial charge in [-0.15, -0.1) is 0 Å². The number of aryl methyl sites for hydroxylation is 2. The topological polar surface area (TPSA) is 45.7 Å². The zero-order chi connectivity index (χ0) is 19.5. The van der Waals surface area contributed by atoms with Crippen molar-refractivity contribution in [3.8, 4) is 5.75 Å². The first-order valence-corrected chi connectivity index (χ1v) is 10.4. The average Bonchev–Trinajstić information content (AvgIpc) is 2.74. The summed E-state index contributed by atoms with van der Waals surface area (Å²) in [5, 5.41) is 0.744. The second-order valence-corrected chi connectivity index (χ2v) is 7.97. The Labute approximate surface area is 171 Å². The molecule has 1 aromatic carbocycles. The van der Waals surface area contributed by atoms with Gasteiger partial charge in [0, 0.05) is 54.3 Å². The molecule has 4 rings (SSSR count). The van der Waals surface area contributed by atoms with E-state index in [9.17, 15) is 4.79 Å². The number of fused-ring (bicyclic) bond motifs is 1. The van der Waals surface area contributed by atoms with Crippen molar-refractivity contribution in [3.05, 3.63) is 52.3 Å². The van der Waals surface area contributed by atoms with Gasteiger partial charge in [0.15, 0.2) is 6.61 Å². The van der Waals surface area contributed by atoms with E-state index in [1.165, 1.54) is 17.5 Å². The van der Waals surface area contributed by atoms with Crippen LogP contribution in [0.2, 0.25) is 5.02 Å². The molecule has 28 heavy (non-hydrogen) atoms. The van der Waals surface area contributed by atoms with Crippen LogP contribution in [0.3, 0.4) is 0 Å². The molecule has 148 valence electrons. The van der Waals surface area contributed by atoms with E-state index < -0.39 is 0 Å². The number of anilines is 1. The van der Waals surface area contributed by atoms with Crippen molar-refractivity contribution >= 4 is 23.2 Å². The number of carbonyl (C=O) groups is 1. The number of pyridine rings is 1. The van der Waals surface area contributed by atoms with Gasteiger partial charge in [-0.25, -0.2) is 0 Å². The van der Waals surface area contributed by atoms with E-state index in [4.69, 9.17) is 16.3 Å². The summed E-state index contributed by atoms with van der Waals surface area (Å²) in [4.78, 5) is 21.3. The standard InChI is InChI=1S/C22H26ClN3O2/c1-16-6-7-17(23)14-20(16)25-10-12-26(13-11-25)22(27)15-28-21-8-9-24-19-5-3-2-4-18(19)21/h6-9,14H,2-5,10-13,15H2,1H3. The maximum Gasteiger partial charge on any atom is 0.260 e. The Morgan fingerprint density at radius 2 is 1.93 bits per heavy atom. The molecule has 0 saturated carbocycles. The van der Waals surface area contributed by atoms with Crippen LogP contribution in [0.5, 0.6) is 5.75 Å². The number of amides is 1. The van der Waals surface area contributed by atoms with Crippen LogP contribution < -0.4 is 9.64 Å². The Morgan fingerprint density at radius 1 is 1.14 bits per heavy atom. The molecule has 2 aromatic rings. The first-order valence-electron chi connectivity index (χ1n) is 10.0. The summed E-state index contributed by atoms with van der Waals surface area (Å²) in [6, 6.07) is 7.84. The van der Waals surface area contributed by atoms with Gasteiger partial charge < -0.3 is 14.5 Å². The molecule has 0 unspecified atom stereocenters. The van der Waals surface area contributed by atoms with Crippen LogP contribution in [0.1, 0.15) is 29.7 Å². The number of ether oxygens (including phenoxy) is 1. The van der Waals surface area contributed by atoms with Gasteiger partial charge in [-0.05, 0) is 56.4 Å². The molecule has 1 saturated heterocycles. The lowest BCUT2D eigenvalue weighted by Crippen LogP contribution is -2.50. The molecular weight excluding hydrogens is 374 g/mol. The molecule has 1 aromatic heterocycles. The van der Waals surface area contributed by atoms with Crippen molar-refractivity contribution in [1.29, 1.82) is 0 Å². The summed E-state index contributed by atoms with van der Waals surface area (Å²) in [6.45, 7) is 5.18. The maximum absolute atomic E-state index is 12.6. The number of nitrogens with zero attached hydrogens (tertiary/aromatic N) is 3. The van der Waals surface area contributed by atoms with Crippen molar-refractivity contribution in [3.63, 3.8) is 0 Å². The highest BCUT2D eigenvalue weighted by Gasteiger charge is 2.23. The number of piperazine rings is 1. The van der Waals surface area contributed by atoms with E-state index in [-0.39, 0.29) is 12.5 Å². The molecule has 0 spiro atoms. The van der Waals surface area contributed by atoms with Crippen LogP contribution in [-0.2, 0) is 17.6 Å². The van der Waals surface area contributed by atoms with Gasteiger partial charge in [0.1, 0.15) is 5.75 Å². The first-order chi connectivity index (χ1) is 13.6. The lowest BCUT2D eigenvalue weighted by atomic mass is 9.95. The third-order valence-corrected chi connectivity index (χ3v) is 5.92. The number of hydrogen-bond donors (Lipinski definition) is 0. The SMILES string of the molecule is Cc1ccc(Cl)cc1N1CCN(C(=O)COc2ccnc3c2CCCC3)CC1. The van der Waals surface area contributed by atoms with Gasteiger partial charge in [-0.2, -0.15) is 0 Å². The number of carbonyl (C=O) groups excluding carboxylic acids is 1. The van der Waals surface area contributed by atoms with Crippen LogP contribution in [0.25, 0.3) is 0 Å². The molecule has 1 aliphatic heterocycles. The predicted octanol–water partition coefficient (Wildman–Crippen LogP) is 3.65. The van der Waals surface area contributed by atoms with Gasteiger partial charge in [0.25, 0.3) is 5.91 Å². The largest absolute Gasteiger partial charge is 0.483 e. The maximum atomic E-state index is 12.6. The summed E-state index contributed by atoms with van der Waals surface area (Å²) in [5.74, 6) is 0.870. The zero-order valence-corrected chi connectivity index (χ0v) is 17.0. The second-order valence-electron chi connectivity index (χ2n) is 7.53. The normalized spacial score (nSPS) is 16.6. The lowest BCUT2D eigenvalue weighted by Gasteiger charge is -2.36.